The summed E-state index contributed by atoms with van der Waals surface area (Å²) < 4.78 is 5.62. The molecule has 0 saturated heterocycles. The van der Waals surface area contributed by atoms with Crippen molar-refractivity contribution >= 4 is 0 Å². The van der Waals surface area contributed by atoms with Crippen LogP contribution in [0.25, 0.3) is 0 Å². The second-order valence-electron chi connectivity index (χ2n) is 3.32. The SMILES string of the molecule is [CH2]c1cccc(Oc2ccccc2)c1C#N. The van der Waals surface area contributed by atoms with Crippen LogP contribution in [0.5, 0.6) is 11.5 Å². The first-order valence-electron chi connectivity index (χ1n) is 4.89. The molecule has 1 radical (unpaired) electrons. The smallest absolute Gasteiger partial charge is 0.145 e. The van der Waals surface area contributed by atoms with Crippen LogP contribution in [0.3, 0.4) is 0 Å². The molecule has 0 N–H and O–H groups in total. The Kier molecular flexibility index (Phi) is 2.88. The number of para-hydroxylation sites is 1. The van der Waals surface area contributed by atoms with Gasteiger partial charge in [-0.3, -0.25) is 0 Å². The number of nitrogens with zero attached hydrogens (tertiary/aromatic N) is 1. The average Bonchev–Trinajstić information content (AvgIpc) is 2.31. The topological polar surface area (TPSA) is 33.0 Å². The molecule has 2 heteroatoms. The molecule has 0 aliphatic rings. The van der Waals surface area contributed by atoms with E-state index in [-0.39, 0.29) is 0 Å². The van der Waals surface area contributed by atoms with Crippen molar-refractivity contribution in [2.45, 2.75) is 0 Å². The van der Waals surface area contributed by atoms with Crippen molar-refractivity contribution in [2.24, 2.45) is 0 Å². The van der Waals surface area contributed by atoms with E-state index in [1.165, 1.54) is 0 Å². The lowest BCUT2D eigenvalue weighted by Gasteiger charge is -2.08. The van der Waals surface area contributed by atoms with E-state index in [0.717, 1.165) is 0 Å². The van der Waals surface area contributed by atoms with Gasteiger partial charge in [-0.05, 0) is 30.7 Å². The molecule has 0 bridgehead atoms. The summed E-state index contributed by atoms with van der Waals surface area (Å²) in [4.78, 5) is 0. The predicted octanol–water partition coefficient (Wildman–Crippen LogP) is 3.53. The van der Waals surface area contributed by atoms with E-state index >= 15 is 0 Å². The predicted molar refractivity (Wildman–Crippen MR) is 62.1 cm³/mol. The van der Waals surface area contributed by atoms with Gasteiger partial charge in [0.2, 0.25) is 0 Å². The largest absolute Gasteiger partial charge is 0.456 e. The number of nitriles is 1. The van der Waals surface area contributed by atoms with Crippen LogP contribution in [-0.4, -0.2) is 0 Å². The monoisotopic (exact) mass is 208 g/mol. The molecular weight excluding hydrogens is 198 g/mol. The zero-order valence-corrected chi connectivity index (χ0v) is 8.68. The van der Waals surface area contributed by atoms with E-state index in [2.05, 4.69) is 13.0 Å². The van der Waals surface area contributed by atoms with Gasteiger partial charge in [-0.2, -0.15) is 5.26 Å². The van der Waals surface area contributed by atoms with E-state index in [9.17, 15) is 0 Å². The molecule has 16 heavy (non-hydrogen) atoms. The molecular formula is C14H10NO. The highest BCUT2D eigenvalue weighted by atomic mass is 16.5. The van der Waals surface area contributed by atoms with E-state index < -0.39 is 0 Å². The lowest BCUT2D eigenvalue weighted by molar-refractivity contribution is 0.481. The highest BCUT2D eigenvalue weighted by molar-refractivity contribution is 5.51. The van der Waals surface area contributed by atoms with Crippen molar-refractivity contribution in [3.8, 4) is 17.6 Å². The van der Waals surface area contributed by atoms with Crippen LogP contribution in [0.1, 0.15) is 11.1 Å². The van der Waals surface area contributed by atoms with Gasteiger partial charge in [-0.25, -0.2) is 0 Å². The minimum atomic E-state index is 0.478. The van der Waals surface area contributed by atoms with Crippen LogP contribution in [-0.2, 0) is 0 Å². The molecule has 0 unspecified atom stereocenters. The fourth-order valence-corrected chi connectivity index (χ4v) is 1.40. The van der Waals surface area contributed by atoms with Crippen molar-refractivity contribution in [1.29, 1.82) is 5.26 Å². The van der Waals surface area contributed by atoms with E-state index in [4.69, 9.17) is 10.00 Å². The quantitative estimate of drug-likeness (QED) is 0.756. The third-order valence-corrected chi connectivity index (χ3v) is 2.20. The van der Waals surface area contributed by atoms with Gasteiger partial charge < -0.3 is 4.74 Å². The molecule has 77 valence electrons. The fraction of sp³-hybridized carbons (Fsp3) is 0. The number of hydrogen-bond acceptors (Lipinski definition) is 2. The van der Waals surface area contributed by atoms with Crippen LogP contribution in [0.2, 0.25) is 0 Å². The molecule has 0 atom stereocenters. The highest BCUT2D eigenvalue weighted by Gasteiger charge is 2.06. The zero-order chi connectivity index (χ0) is 11.4. The minimum absolute atomic E-state index is 0.478. The molecule has 0 aliphatic carbocycles. The van der Waals surface area contributed by atoms with E-state index in [0.29, 0.717) is 22.6 Å². The van der Waals surface area contributed by atoms with Crippen LogP contribution >= 0.6 is 0 Å². The molecule has 0 saturated carbocycles. The van der Waals surface area contributed by atoms with Crippen LogP contribution in [0, 0.1) is 18.3 Å². The number of benzene rings is 2. The Labute approximate surface area is 94.7 Å². The lowest BCUT2D eigenvalue weighted by atomic mass is 10.1. The summed E-state index contributed by atoms with van der Waals surface area (Å²) in [7, 11) is 0. The molecule has 2 aromatic rings. The first-order chi connectivity index (χ1) is 7.81. The summed E-state index contributed by atoms with van der Waals surface area (Å²) in [5.41, 5.74) is 1.15. The van der Waals surface area contributed by atoms with Gasteiger partial charge in [-0.15, -0.1) is 0 Å². The summed E-state index contributed by atoms with van der Waals surface area (Å²) in [6, 6.07) is 16.8. The van der Waals surface area contributed by atoms with Crippen molar-refractivity contribution in [3.63, 3.8) is 0 Å². The Morgan fingerprint density at radius 1 is 1.00 bits per heavy atom. The number of rotatable bonds is 2. The van der Waals surface area contributed by atoms with Gasteiger partial charge in [-0.1, -0.05) is 30.3 Å². The molecule has 0 heterocycles. The van der Waals surface area contributed by atoms with Gasteiger partial charge in [0, 0.05) is 0 Å². The van der Waals surface area contributed by atoms with Crippen LogP contribution in [0.4, 0.5) is 0 Å². The lowest BCUT2D eigenvalue weighted by Crippen LogP contribution is -1.90. The third-order valence-electron chi connectivity index (χ3n) is 2.20. The molecule has 2 aromatic carbocycles. The molecule has 0 aromatic heterocycles. The van der Waals surface area contributed by atoms with Gasteiger partial charge in [0.1, 0.15) is 17.6 Å². The summed E-state index contributed by atoms with van der Waals surface area (Å²) in [5, 5.41) is 9.01. The van der Waals surface area contributed by atoms with Crippen LogP contribution in [0.15, 0.2) is 48.5 Å². The van der Waals surface area contributed by atoms with Gasteiger partial charge in [0.05, 0.1) is 5.56 Å². The maximum atomic E-state index is 9.01. The van der Waals surface area contributed by atoms with Crippen molar-refractivity contribution in [3.05, 3.63) is 66.6 Å². The van der Waals surface area contributed by atoms with Gasteiger partial charge in [0.15, 0.2) is 0 Å². The molecule has 0 aliphatic heterocycles. The Bertz CT molecular complexity index is 526. The summed E-state index contributed by atoms with van der Waals surface area (Å²) >= 11 is 0. The summed E-state index contributed by atoms with van der Waals surface area (Å²) in [5.74, 6) is 1.26. The Balaban J connectivity index is 2.36. The standard InChI is InChI=1S/C14H10NO/c1-11-6-5-9-14(13(11)10-15)16-12-7-3-2-4-8-12/h2-9H,1H2. The molecule has 2 rings (SSSR count). The number of ether oxygens (including phenoxy) is 1. The minimum Gasteiger partial charge on any atom is -0.456 e. The normalized spacial score (nSPS) is 9.50. The molecule has 2 nitrogen and oxygen atoms in total. The second-order valence-corrected chi connectivity index (χ2v) is 3.32. The first-order valence-corrected chi connectivity index (χ1v) is 4.89. The first kappa shape index (κ1) is 10.3. The van der Waals surface area contributed by atoms with Crippen LogP contribution < -0.4 is 4.74 Å². The van der Waals surface area contributed by atoms with Crippen molar-refractivity contribution in [2.75, 3.05) is 0 Å². The fourth-order valence-electron chi connectivity index (χ4n) is 1.40. The molecule has 0 spiro atoms. The summed E-state index contributed by atoms with van der Waals surface area (Å²) in [6.45, 7) is 3.79. The zero-order valence-electron chi connectivity index (χ0n) is 8.68. The Hall–Kier alpha value is -2.27. The van der Waals surface area contributed by atoms with Gasteiger partial charge >= 0.3 is 0 Å². The van der Waals surface area contributed by atoms with E-state index in [1.807, 2.05) is 36.4 Å². The average molecular weight is 208 g/mol. The third kappa shape index (κ3) is 2.04. The number of hydrogen-bond donors (Lipinski definition) is 0. The Morgan fingerprint density at radius 3 is 2.44 bits per heavy atom. The molecule has 0 fully saturated rings. The highest BCUT2D eigenvalue weighted by Crippen LogP contribution is 2.26. The second kappa shape index (κ2) is 4.50. The van der Waals surface area contributed by atoms with Crippen molar-refractivity contribution in [1.82, 2.24) is 0 Å². The summed E-state index contributed by atoms with van der Waals surface area (Å²) in [6.07, 6.45) is 0. The Morgan fingerprint density at radius 2 is 1.75 bits per heavy atom. The van der Waals surface area contributed by atoms with E-state index in [1.54, 1.807) is 12.1 Å². The molecule has 0 amide bonds. The van der Waals surface area contributed by atoms with Crippen molar-refractivity contribution < 1.29 is 4.74 Å². The maximum Gasteiger partial charge on any atom is 0.145 e. The maximum absolute atomic E-state index is 9.01. The van der Waals surface area contributed by atoms with Gasteiger partial charge in [0.25, 0.3) is 0 Å².